The van der Waals surface area contributed by atoms with E-state index in [1.807, 2.05) is 0 Å². The number of aromatic nitrogens is 1. The van der Waals surface area contributed by atoms with Crippen molar-refractivity contribution in [3.8, 4) is 0 Å². The summed E-state index contributed by atoms with van der Waals surface area (Å²) in [5, 5.41) is 9.19. The highest BCUT2D eigenvalue weighted by Gasteiger charge is 2.26. The van der Waals surface area contributed by atoms with E-state index in [1.165, 1.54) is 5.01 Å². The predicted octanol–water partition coefficient (Wildman–Crippen LogP) is 3.65. The Hall–Kier alpha value is -0.620. The van der Waals surface area contributed by atoms with Gasteiger partial charge in [0.25, 0.3) is 0 Å². The monoisotopic (exact) mass is 519 g/mol. The van der Waals surface area contributed by atoms with Gasteiger partial charge >= 0.3 is 6.18 Å². The number of piperidine rings is 1. The number of alkyl halides is 3. The Morgan fingerprint density at radius 3 is 2.59 bits per heavy atom. The lowest BCUT2D eigenvalue weighted by Gasteiger charge is -2.31. The van der Waals surface area contributed by atoms with E-state index in [-0.39, 0.29) is 30.5 Å². The van der Waals surface area contributed by atoms with Gasteiger partial charge in [0.1, 0.15) is 0 Å². The molecule has 0 radical (unpaired) electrons. The molecule has 1 aliphatic rings. The van der Waals surface area contributed by atoms with Gasteiger partial charge in [-0.3, -0.25) is 9.89 Å². The van der Waals surface area contributed by atoms with Crippen molar-refractivity contribution in [1.82, 2.24) is 20.5 Å². The number of hydrogen-bond donors (Lipinski definition) is 2. The van der Waals surface area contributed by atoms with Gasteiger partial charge in [-0.15, -0.1) is 35.3 Å². The van der Waals surface area contributed by atoms with Crippen molar-refractivity contribution in [2.24, 2.45) is 10.9 Å². The first-order chi connectivity index (χ1) is 12.4. The molecular weight excluding hydrogens is 490 g/mol. The van der Waals surface area contributed by atoms with Crippen LogP contribution in [0, 0.1) is 5.92 Å². The molecule has 1 saturated heterocycles. The summed E-state index contributed by atoms with van der Waals surface area (Å²) in [6.07, 6.45) is -1.89. The lowest BCUT2D eigenvalue weighted by atomic mass is 9.97. The molecule has 0 atom stereocenters. The largest absolute Gasteiger partial charge is 0.390 e. The molecule has 0 bridgehead atoms. The summed E-state index contributed by atoms with van der Waals surface area (Å²) in [6.45, 7) is 5.63. The minimum atomic E-state index is -4.14. The maximum Gasteiger partial charge on any atom is 0.390 e. The first-order valence-electron chi connectivity index (χ1n) is 9.06. The van der Waals surface area contributed by atoms with E-state index in [0.717, 1.165) is 51.1 Å². The van der Waals surface area contributed by atoms with E-state index in [9.17, 15) is 13.2 Å². The molecule has 2 rings (SSSR count). The zero-order chi connectivity index (χ0) is 19.0. The van der Waals surface area contributed by atoms with E-state index in [0.29, 0.717) is 11.9 Å². The van der Waals surface area contributed by atoms with Crippen LogP contribution in [0.2, 0.25) is 0 Å². The molecule has 0 aliphatic carbocycles. The van der Waals surface area contributed by atoms with Gasteiger partial charge in [0.2, 0.25) is 0 Å². The average Bonchev–Trinajstić information content (AvgIpc) is 3.06. The Kier molecular flexibility index (Phi) is 10.9. The lowest BCUT2D eigenvalue weighted by Crippen LogP contribution is -2.43. The van der Waals surface area contributed by atoms with Crippen molar-refractivity contribution in [2.45, 2.75) is 45.3 Å². The first-order valence-corrected chi connectivity index (χ1v) is 9.94. The zero-order valence-corrected chi connectivity index (χ0v) is 19.0. The highest BCUT2D eigenvalue weighted by molar-refractivity contribution is 14.0. The van der Waals surface area contributed by atoms with Crippen LogP contribution in [0.3, 0.4) is 0 Å². The quantitative estimate of drug-likeness (QED) is 0.328. The van der Waals surface area contributed by atoms with Crippen molar-refractivity contribution in [1.29, 1.82) is 0 Å². The van der Waals surface area contributed by atoms with Gasteiger partial charge < -0.3 is 10.6 Å². The summed E-state index contributed by atoms with van der Waals surface area (Å²) in [5.41, 5.74) is 1.15. The molecular formula is C17H29F3IN5S. The normalized spacial score (nSPS) is 16.9. The summed E-state index contributed by atoms with van der Waals surface area (Å²) >= 11 is 1.72. The van der Waals surface area contributed by atoms with Crippen molar-refractivity contribution >= 4 is 41.3 Å². The van der Waals surface area contributed by atoms with Gasteiger partial charge in [0.05, 0.1) is 17.1 Å². The summed E-state index contributed by atoms with van der Waals surface area (Å²) < 4.78 is 36.6. The Bertz CT molecular complexity index is 571. The lowest BCUT2D eigenvalue weighted by molar-refractivity contribution is -0.132. The minimum Gasteiger partial charge on any atom is -0.356 e. The van der Waals surface area contributed by atoms with Crippen LogP contribution in [-0.2, 0) is 13.0 Å². The van der Waals surface area contributed by atoms with Gasteiger partial charge in [-0.25, -0.2) is 4.98 Å². The predicted molar refractivity (Wildman–Crippen MR) is 115 cm³/mol. The van der Waals surface area contributed by atoms with Gasteiger partial charge in [-0.1, -0.05) is 6.92 Å². The smallest absolute Gasteiger partial charge is 0.356 e. The number of nitrogens with one attached hydrogen (secondary N) is 2. The second kappa shape index (κ2) is 12.1. The summed E-state index contributed by atoms with van der Waals surface area (Å²) in [6, 6.07) is 0. The van der Waals surface area contributed by atoms with Crippen LogP contribution in [0.25, 0.3) is 0 Å². The number of aryl methyl sites for hydroxylation is 1. The van der Waals surface area contributed by atoms with Gasteiger partial charge in [0.15, 0.2) is 5.96 Å². The molecule has 0 amide bonds. The third-order valence-electron chi connectivity index (χ3n) is 4.48. The van der Waals surface area contributed by atoms with Crippen LogP contribution in [-0.4, -0.2) is 55.2 Å². The molecule has 5 nitrogen and oxygen atoms in total. The number of hydrogen-bond acceptors (Lipinski definition) is 4. The first kappa shape index (κ1) is 24.4. The van der Waals surface area contributed by atoms with Crippen LogP contribution in [0.5, 0.6) is 0 Å². The minimum absolute atomic E-state index is 0. The highest BCUT2D eigenvalue weighted by Crippen LogP contribution is 2.20. The van der Waals surface area contributed by atoms with Crippen LogP contribution < -0.4 is 10.6 Å². The molecule has 27 heavy (non-hydrogen) atoms. The molecule has 0 spiro atoms. The highest BCUT2D eigenvalue weighted by atomic mass is 127. The van der Waals surface area contributed by atoms with Gasteiger partial charge in [0, 0.05) is 32.1 Å². The molecule has 156 valence electrons. The third-order valence-corrected chi connectivity index (χ3v) is 5.52. The Balaban J connectivity index is 0.00000364. The fourth-order valence-electron chi connectivity index (χ4n) is 2.95. The molecule has 10 heteroatoms. The van der Waals surface area contributed by atoms with E-state index in [1.54, 1.807) is 18.4 Å². The molecule has 0 saturated carbocycles. The molecule has 1 aliphatic heterocycles. The summed E-state index contributed by atoms with van der Waals surface area (Å²) in [7, 11) is 1.57. The Morgan fingerprint density at radius 2 is 2.04 bits per heavy atom. The fraction of sp³-hybridized carbons (Fsp3) is 0.765. The van der Waals surface area contributed by atoms with E-state index < -0.39 is 12.6 Å². The third kappa shape index (κ3) is 9.42. The number of halogens is 4. The maximum atomic E-state index is 12.2. The average molecular weight is 519 g/mol. The number of aliphatic imine (C=N–C) groups is 1. The molecule has 2 N–H and O–H groups in total. The maximum absolute atomic E-state index is 12.2. The van der Waals surface area contributed by atoms with Crippen molar-refractivity contribution in [3.05, 3.63) is 16.1 Å². The van der Waals surface area contributed by atoms with Crippen molar-refractivity contribution < 1.29 is 13.2 Å². The van der Waals surface area contributed by atoms with Crippen LogP contribution in [0.4, 0.5) is 13.2 Å². The number of rotatable bonds is 7. The second-order valence-electron chi connectivity index (χ2n) is 6.55. The molecule has 2 heterocycles. The molecule has 0 unspecified atom stereocenters. The SMILES string of the molecule is CCc1nc(CN2CCC(CNC(=NC)NCCC(F)(F)F)CC2)cs1.I. The number of likely N-dealkylation sites (tertiary alicyclic amines) is 1. The van der Waals surface area contributed by atoms with Crippen LogP contribution >= 0.6 is 35.3 Å². The summed E-state index contributed by atoms with van der Waals surface area (Å²) in [4.78, 5) is 11.0. The van der Waals surface area contributed by atoms with Gasteiger partial charge in [-0.05, 0) is 38.3 Å². The van der Waals surface area contributed by atoms with Crippen LogP contribution in [0.1, 0.15) is 36.9 Å². The van der Waals surface area contributed by atoms with E-state index >= 15 is 0 Å². The van der Waals surface area contributed by atoms with Crippen LogP contribution in [0.15, 0.2) is 10.4 Å². The van der Waals surface area contributed by atoms with Gasteiger partial charge in [-0.2, -0.15) is 13.2 Å². The molecule has 1 aromatic heterocycles. The topological polar surface area (TPSA) is 52.6 Å². The summed E-state index contributed by atoms with van der Waals surface area (Å²) in [5.74, 6) is 0.945. The number of thiazole rings is 1. The number of nitrogens with zero attached hydrogens (tertiary/aromatic N) is 3. The van der Waals surface area contributed by atoms with Crippen molar-refractivity contribution in [3.63, 3.8) is 0 Å². The fourth-order valence-corrected chi connectivity index (χ4v) is 3.68. The zero-order valence-electron chi connectivity index (χ0n) is 15.8. The molecule has 1 fully saturated rings. The van der Waals surface area contributed by atoms with Crippen molar-refractivity contribution in [2.75, 3.05) is 33.2 Å². The molecule has 1 aromatic rings. The van der Waals surface area contributed by atoms with E-state index in [4.69, 9.17) is 0 Å². The second-order valence-corrected chi connectivity index (χ2v) is 7.49. The Morgan fingerprint density at radius 1 is 1.33 bits per heavy atom. The van der Waals surface area contributed by atoms with E-state index in [2.05, 4.69) is 37.8 Å². The Labute approximate surface area is 180 Å². The standard InChI is InChI=1S/C17H28F3N5S.HI/c1-3-15-24-14(12-26-15)11-25-8-4-13(5-9-25)10-23-16(21-2)22-7-6-17(18,19)20;/h12-13H,3-11H2,1-2H3,(H2,21,22,23);1H. The number of guanidine groups is 1. The molecule has 0 aromatic carbocycles.